The summed E-state index contributed by atoms with van der Waals surface area (Å²) in [4.78, 5) is 10.5. The molecule has 0 unspecified atom stereocenters. The van der Waals surface area contributed by atoms with Gasteiger partial charge >= 0.3 is 6.16 Å². The third-order valence-electron chi connectivity index (χ3n) is 1.95. The van der Waals surface area contributed by atoms with Crippen LogP contribution in [0.15, 0.2) is 0 Å². The average Bonchev–Trinajstić information content (AvgIpc) is 1.95. The molecule has 0 atom stereocenters. The molecule has 0 aromatic rings. The van der Waals surface area contributed by atoms with E-state index in [1.54, 1.807) is 0 Å². The Morgan fingerprint density at radius 1 is 1.45 bits per heavy atom. The van der Waals surface area contributed by atoms with Gasteiger partial charge in [0.15, 0.2) is 0 Å². The summed E-state index contributed by atoms with van der Waals surface area (Å²) in [5.41, 5.74) is 0. The molecule has 1 fully saturated rings. The minimum absolute atomic E-state index is 0.312. The lowest BCUT2D eigenvalue weighted by Crippen LogP contribution is -2.44. The second-order valence-corrected chi connectivity index (χ2v) is 3.98. The lowest BCUT2D eigenvalue weighted by Gasteiger charge is -2.34. The fourth-order valence-corrected chi connectivity index (χ4v) is 0.914. The zero-order valence-corrected chi connectivity index (χ0v) is 7.56. The molecule has 11 heavy (non-hydrogen) atoms. The number of carbonyl (C=O) groups is 1. The second kappa shape index (κ2) is 2.93. The van der Waals surface area contributed by atoms with Crippen molar-refractivity contribution in [2.24, 2.45) is 5.92 Å². The Balaban J connectivity index is 2.55. The average molecular weight is 176 g/mol. The predicted octanol–water partition coefficient (Wildman–Crippen LogP) is 1.48. The third-order valence-corrected chi connectivity index (χ3v) is 2.73. The first-order chi connectivity index (χ1) is 5.04. The number of rotatable bonds is 1. The van der Waals surface area contributed by atoms with Crippen LogP contribution in [0.5, 0.6) is 0 Å². The monoisotopic (exact) mass is 176 g/mol. The van der Waals surface area contributed by atoms with Crippen LogP contribution in [0.1, 0.15) is 13.8 Å². The molecule has 0 amide bonds. The van der Waals surface area contributed by atoms with Crippen LogP contribution in [0.25, 0.3) is 0 Å². The maximum Gasteiger partial charge on any atom is 0.508 e. The van der Waals surface area contributed by atoms with E-state index in [2.05, 4.69) is 12.6 Å². The van der Waals surface area contributed by atoms with E-state index in [-0.39, 0.29) is 4.75 Å². The molecular weight excluding hydrogens is 164 g/mol. The highest BCUT2D eigenvalue weighted by Crippen LogP contribution is 2.28. The third kappa shape index (κ3) is 1.80. The summed E-state index contributed by atoms with van der Waals surface area (Å²) in [6.45, 7) is 4.73. The van der Waals surface area contributed by atoms with Crippen molar-refractivity contribution in [1.82, 2.24) is 0 Å². The molecule has 0 aromatic heterocycles. The summed E-state index contributed by atoms with van der Waals surface area (Å²) in [6.07, 6.45) is -0.588. The molecule has 0 aliphatic carbocycles. The maximum absolute atomic E-state index is 10.5. The normalized spacial score (nSPS) is 22.7. The Morgan fingerprint density at radius 2 is 1.91 bits per heavy atom. The van der Waals surface area contributed by atoms with Crippen molar-refractivity contribution < 1.29 is 14.3 Å². The van der Waals surface area contributed by atoms with Gasteiger partial charge in [-0.2, -0.15) is 12.6 Å². The van der Waals surface area contributed by atoms with Crippen molar-refractivity contribution in [3.8, 4) is 0 Å². The largest absolute Gasteiger partial charge is 0.508 e. The van der Waals surface area contributed by atoms with Crippen LogP contribution in [-0.2, 0) is 9.47 Å². The second-order valence-electron chi connectivity index (χ2n) is 3.09. The lowest BCUT2D eigenvalue weighted by atomic mass is 9.96. The molecule has 1 aliphatic heterocycles. The van der Waals surface area contributed by atoms with Crippen LogP contribution in [0.4, 0.5) is 4.79 Å². The summed E-state index contributed by atoms with van der Waals surface area (Å²) in [6, 6.07) is 0. The van der Waals surface area contributed by atoms with Crippen LogP contribution in [0, 0.1) is 5.92 Å². The molecule has 1 rings (SSSR count). The number of carbonyl (C=O) groups excluding carboxylic acids is 1. The highest BCUT2D eigenvalue weighted by Gasteiger charge is 2.36. The van der Waals surface area contributed by atoms with Crippen molar-refractivity contribution >= 4 is 18.8 Å². The first kappa shape index (κ1) is 8.71. The van der Waals surface area contributed by atoms with Gasteiger partial charge in [0.05, 0.1) is 4.75 Å². The van der Waals surface area contributed by atoms with Gasteiger partial charge in [0, 0.05) is 0 Å². The van der Waals surface area contributed by atoms with Crippen molar-refractivity contribution in [3.63, 3.8) is 0 Å². The van der Waals surface area contributed by atoms with Gasteiger partial charge < -0.3 is 9.47 Å². The van der Waals surface area contributed by atoms with Crippen LogP contribution >= 0.6 is 12.6 Å². The Bertz CT molecular complexity index is 157. The highest BCUT2D eigenvalue weighted by molar-refractivity contribution is 7.81. The van der Waals surface area contributed by atoms with E-state index in [0.717, 1.165) is 0 Å². The number of cyclic esters (lactones) is 2. The van der Waals surface area contributed by atoms with Gasteiger partial charge in [-0.15, -0.1) is 0 Å². The number of thiol groups is 1. The first-order valence-corrected chi connectivity index (χ1v) is 4.01. The van der Waals surface area contributed by atoms with Crippen molar-refractivity contribution in [1.29, 1.82) is 0 Å². The van der Waals surface area contributed by atoms with Crippen LogP contribution in [0.3, 0.4) is 0 Å². The molecule has 0 radical (unpaired) electrons. The van der Waals surface area contributed by atoms with Crippen LogP contribution in [0.2, 0.25) is 0 Å². The Kier molecular flexibility index (Phi) is 2.32. The van der Waals surface area contributed by atoms with Gasteiger partial charge in [0.1, 0.15) is 13.2 Å². The Morgan fingerprint density at radius 3 is 2.27 bits per heavy atom. The maximum atomic E-state index is 10.5. The molecule has 1 heterocycles. The highest BCUT2D eigenvalue weighted by atomic mass is 32.1. The molecule has 0 bridgehead atoms. The summed E-state index contributed by atoms with van der Waals surface area (Å²) < 4.78 is 9.12. The fraction of sp³-hybridized carbons (Fsp3) is 0.857. The van der Waals surface area contributed by atoms with E-state index in [1.807, 2.05) is 13.8 Å². The van der Waals surface area contributed by atoms with E-state index in [9.17, 15) is 4.79 Å². The lowest BCUT2D eigenvalue weighted by molar-refractivity contribution is -0.0101. The van der Waals surface area contributed by atoms with Gasteiger partial charge in [-0.3, -0.25) is 0 Å². The first-order valence-electron chi connectivity index (χ1n) is 3.56. The predicted molar refractivity (Wildman–Crippen MR) is 43.9 cm³/mol. The minimum atomic E-state index is -0.588. The van der Waals surface area contributed by atoms with Gasteiger partial charge in [-0.1, -0.05) is 13.8 Å². The standard InChI is InChI=1S/C7H12O3S/c1-5(2)7(11)3-9-6(8)10-4-7/h5,11H,3-4H2,1-2H3. The SMILES string of the molecule is CC(C)C1(S)COC(=O)OC1. The molecule has 1 saturated heterocycles. The van der Waals surface area contributed by atoms with Gasteiger partial charge in [-0.05, 0) is 5.92 Å². The summed E-state index contributed by atoms with van der Waals surface area (Å²) in [7, 11) is 0. The summed E-state index contributed by atoms with van der Waals surface area (Å²) in [5, 5.41) is 0. The van der Waals surface area contributed by atoms with Crippen molar-refractivity contribution in [3.05, 3.63) is 0 Å². The molecule has 64 valence electrons. The van der Waals surface area contributed by atoms with E-state index in [0.29, 0.717) is 19.1 Å². The molecule has 0 N–H and O–H groups in total. The van der Waals surface area contributed by atoms with Crippen molar-refractivity contribution in [2.45, 2.75) is 18.6 Å². The Hall–Kier alpha value is -0.380. The quantitative estimate of drug-likeness (QED) is 0.485. The molecule has 1 aliphatic rings. The fourth-order valence-electron chi connectivity index (χ4n) is 0.784. The summed E-state index contributed by atoms with van der Waals surface area (Å²) >= 11 is 4.38. The topological polar surface area (TPSA) is 35.5 Å². The van der Waals surface area contributed by atoms with Crippen LogP contribution < -0.4 is 0 Å². The van der Waals surface area contributed by atoms with Gasteiger partial charge in [0.2, 0.25) is 0 Å². The smallest absolute Gasteiger partial charge is 0.433 e. The molecule has 0 aromatic carbocycles. The molecular formula is C7H12O3S. The summed E-state index contributed by atoms with van der Waals surface area (Å²) in [5.74, 6) is 0.332. The van der Waals surface area contributed by atoms with Gasteiger partial charge in [0.25, 0.3) is 0 Å². The van der Waals surface area contributed by atoms with Crippen LogP contribution in [-0.4, -0.2) is 24.1 Å². The molecule has 0 saturated carbocycles. The molecule has 4 heteroatoms. The van der Waals surface area contributed by atoms with E-state index >= 15 is 0 Å². The zero-order chi connectivity index (χ0) is 8.48. The molecule has 3 nitrogen and oxygen atoms in total. The number of ether oxygens (including phenoxy) is 2. The molecule has 0 spiro atoms. The number of hydrogen-bond acceptors (Lipinski definition) is 4. The number of hydrogen-bond donors (Lipinski definition) is 1. The zero-order valence-electron chi connectivity index (χ0n) is 6.66. The minimum Gasteiger partial charge on any atom is -0.433 e. The van der Waals surface area contributed by atoms with E-state index in [4.69, 9.17) is 9.47 Å². The van der Waals surface area contributed by atoms with E-state index in [1.165, 1.54) is 0 Å². The Labute approximate surface area is 71.5 Å². The van der Waals surface area contributed by atoms with Crippen molar-refractivity contribution in [2.75, 3.05) is 13.2 Å². The van der Waals surface area contributed by atoms with E-state index < -0.39 is 6.16 Å². The van der Waals surface area contributed by atoms with Gasteiger partial charge in [-0.25, -0.2) is 4.79 Å².